The molecule has 0 atom stereocenters. The molecule has 0 fully saturated rings. The van der Waals surface area contributed by atoms with Crippen LogP contribution in [0, 0.1) is 11.3 Å². The molecule has 0 aromatic heterocycles. The Morgan fingerprint density at radius 1 is 1.27 bits per heavy atom. The molecule has 0 saturated heterocycles. The molecule has 0 N–H and O–H groups in total. The Morgan fingerprint density at radius 2 is 2.09 bits per heavy atom. The first-order chi connectivity index (χ1) is 10.7. The Hall–Kier alpha value is -2.45. The molecule has 0 amide bonds. The predicted octanol–water partition coefficient (Wildman–Crippen LogP) is 3.65. The number of hydrogen-bond donors (Lipinski definition) is 0. The lowest BCUT2D eigenvalue weighted by molar-refractivity contribution is 0.0469. The molecule has 0 unspecified atom stereocenters. The first kappa shape index (κ1) is 15.9. The molecule has 0 heterocycles. The van der Waals surface area contributed by atoms with Crippen LogP contribution in [-0.4, -0.2) is 19.3 Å². The minimum Gasteiger partial charge on any atom is -0.496 e. The maximum atomic E-state index is 12.2. The first-order valence-corrected chi connectivity index (χ1v) is 7.78. The van der Waals surface area contributed by atoms with E-state index in [0.717, 1.165) is 10.5 Å². The van der Waals surface area contributed by atoms with Crippen LogP contribution >= 0.6 is 11.8 Å². The zero-order valence-electron chi connectivity index (χ0n) is 12.3. The van der Waals surface area contributed by atoms with E-state index in [2.05, 4.69) is 6.07 Å². The van der Waals surface area contributed by atoms with E-state index in [9.17, 15) is 4.79 Å². The highest BCUT2D eigenvalue weighted by Gasteiger charge is 2.14. The average Bonchev–Trinajstić information content (AvgIpc) is 2.59. The average molecular weight is 313 g/mol. The van der Waals surface area contributed by atoms with Crippen LogP contribution in [0.1, 0.15) is 21.5 Å². The lowest BCUT2D eigenvalue weighted by Gasteiger charge is -2.10. The number of carbonyl (C=O) groups is 1. The summed E-state index contributed by atoms with van der Waals surface area (Å²) in [5.74, 6) is 0.0366. The normalized spacial score (nSPS) is 9.86. The minimum atomic E-state index is -0.452. The third-order valence-corrected chi connectivity index (χ3v) is 3.78. The van der Waals surface area contributed by atoms with Crippen LogP contribution < -0.4 is 4.74 Å². The number of nitrogens with zero attached hydrogens (tertiary/aromatic N) is 1. The molecule has 0 aliphatic rings. The maximum Gasteiger partial charge on any atom is 0.342 e. The second-order valence-electron chi connectivity index (χ2n) is 4.45. The molecular weight excluding hydrogens is 298 g/mol. The van der Waals surface area contributed by atoms with E-state index in [4.69, 9.17) is 14.7 Å². The Kier molecular flexibility index (Phi) is 5.45. The minimum absolute atomic E-state index is 0.113. The van der Waals surface area contributed by atoms with Gasteiger partial charge in [0.1, 0.15) is 17.9 Å². The number of rotatable bonds is 5. The summed E-state index contributed by atoms with van der Waals surface area (Å²) in [7, 11) is 1.52. The SMILES string of the molecule is COc1cc(SC)ccc1C(=O)OCc1cccc(C#N)c1. The lowest BCUT2D eigenvalue weighted by atomic mass is 10.1. The standard InChI is InChI=1S/C17H15NO3S/c1-20-16-9-14(22-2)6-7-15(16)17(19)21-11-13-5-3-4-12(8-13)10-18/h3-9H,11H2,1-2H3. The molecule has 4 nitrogen and oxygen atoms in total. The monoisotopic (exact) mass is 313 g/mol. The molecule has 0 aliphatic heterocycles. The highest BCUT2D eigenvalue weighted by molar-refractivity contribution is 7.98. The predicted molar refractivity (Wildman–Crippen MR) is 85.1 cm³/mol. The highest BCUT2D eigenvalue weighted by Crippen LogP contribution is 2.26. The van der Waals surface area contributed by atoms with E-state index in [1.807, 2.05) is 18.4 Å². The number of benzene rings is 2. The molecular formula is C17H15NO3S. The van der Waals surface area contributed by atoms with Crippen LogP contribution in [0.2, 0.25) is 0 Å². The van der Waals surface area contributed by atoms with E-state index < -0.39 is 5.97 Å². The van der Waals surface area contributed by atoms with Crippen molar-refractivity contribution in [2.75, 3.05) is 13.4 Å². The van der Waals surface area contributed by atoms with Gasteiger partial charge in [0.2, 0.25) is 0 Å². The third kappa shape index (κ3) is 3.80. The van der Waals surface area contributed by atoms with Crippen molar-refractivity contribution in [3.05, 3.63) is 59.2 Å². The molecule has 0 radical (unpaired) electrons. The Balaban J connectivity index is 2.10. The van der Waals surface area contributed by atoms with E-state index >= 15 is 0 Å². The van der Waals surface area contributed by atoms with Crippen LogP contribution in [0.25, 0.3) is 0 Å². The summed E-state index contributed by atoms with van der Waals surface area (Å²) in [5, 5.41) is 8.86. The van der Waals surface area contributed by atoms with Gasteiger partial charge in [-0.15, -0.1) is 11.8 Å². The molecule has 0 bridgehead atoms. The molecule has 2 rings (SSSR count). The zero-order valence-corrected chi connectivity index (χ0v) is 13.1. The summed E-state index contributed by atoms with van der Waals surface area (Å²) >= 11 is 1.57. The van der Waals surface area contributed by atoms with Gasteiger partial charge in [0.05, 0.1) is 18.7 Å². The van der Waals surface area contributed by atoms with Crippen molar-refractivity contribution in [3.8, 4) is 11.8 Å². The number of esters is 1. The van der Waals surface area contributed by atoms with Crippen LogP contribution in [0.5, 0.6) is 5.75 Å². The number of hydrogen-bond acceptors (Lipinski definition) is 5. The van der Waals surface area contributed by atoms with Crippen LogP contribution in [0.15, 0.2) is 47.4 Å². The van der Waals surface area contributed by atoms with Crippen LogP contribution in [0.3, 0.4) is 0 Å². The quantitative estimate of drug-likeness (QED) is 0.623. The fraction of sp³-hybridized carbons (Fsp3) is 0.176. The summed E-state index contributed by atoms with van der Waals surface area (Å²) in [6, 6.07) is 14.4. The number of thioether (sulfide) groups is 1. The number of methoxy groups -OCH3 is 1. The van der Waals surface area contributed by atoms with Crippen molar-refractivity contribution >= 4 is 17.7 Å². The van der Waals surface area contributed by atoms with Gasteiger partial charge in [0, 0.05) is 4.90 Å². The van der Waals surface area contributed by atoms with Crippen molar-refractivity contribution < 1.29 is 14.3 Å². The molecule has 0 aliphatic carbocycles. The van der Waals surface area contributed by atoms with E-state index in [1.165, 1.54) is 7.11 Å². The molecule has 2 aromatic rings. The second-order valence-corrected chi connectivity index (χ2v) is 5.33. The van der Waals surface area contributed by atoms with Gasteiger partial charge in [-0.25, -0.2) is 4.79 Å². The summed E-state index contributed by atoms with van der Waals surface area (Å²) in [5.41, 5.74) is 1.69. The molecule has 2 aromatic carbocycles. The Bertz CT molecular complexity index is 722. The number of carbonyl (C=O) groups excluding carboxylic acids is 1. The van der Waals surface area contributed by atoms with Gasteiger partial charge in [0.25, 0.3) is 0 Å². The first-order valence-electron chi connectivity index (χ1n) is 6.56. The molecule has 22 heavy (non-hydrogen) atoms. The highest BCUT2D eigenvalue weighted by atomic mass is 32.2. The van der Waals surface area contributed by atoms with Gasteiger partial charge >= 0.3 is 5.97 Å². The topological polar surface area (TPSA) is 59.3 Å². The maximum absolute atomic E-state index is 12.2. The largest absolute Gasteiger partial charge is 0.496 e. The van der Waals surface area contributed by atoms with Gasteiger partial charge in [-0.3, -0.25) is 0 Å². The molecule has 0 spiro atoms. The van der Waals surface area contributed by atoms with Crippen molar-refractivity contribution in [1.82, 2.24) is 0 Å². The molecule has 5 heteroatoms. The molecule has 0 saturated carbocycles. The fourth-order valence-electron chi connectivity index (χ4n) is 1.92. The Morgan fingerprint density at radius 3 is 2.77 bits per heavy atom. The van der Waals surface area contributed by atoms with Gasteiger partial charge in [-0.1, -0.05) is 12.1 Å². The summed E-state index contributed by atoms with van der Waals surface area (Å²) in [6.07, 6.45) is 1.95. The van der Waals surface area contributed by atoms with Gasteiger partial charge in [-0.05, 0) is 42.2 Å². The van der Waals surface area contributed by atoms with E-state index in [-0.39, 0.29) is 6.61 Å². The third-order valence-electron chi connectivity index (χ3n) is 3.05. The lowest BCUT2D eigenvalue weighted by Crippen LogP contribution is -2.07. The van der Waals surface area contributed by atoms with E-state index in [0.29, 0.717) is 16.9 Å². The smallest absolute Gasteiger partial charge is 0.342 e. The summed E-state index contributed by atoms with van der Waals surface area (Å²) in [4.78, 5) is 13.2. The van der Waals surface area contributed by atoms with Crippen LogP contribution in [0.4, 0.5) is 0 Å². The van der Waals surface area contributed by atoms with Crippen molar-refractivity contribution in [2.24, 2.45) is 0 Å². The van der Waals surface area contributed by atoms with Gasteiger partial charge < -0.3 is 9.47 Å². The van der Waals surface area contributed by atoms with Crippen molar-refractivity contribution in [3.63, 3.8) is 0 Å². The summed E-state index contributed by atoms with van der Waals surface area (Å²) in [6.45, 7) is 0.113. The van der Waals surface area contributed by atoms with Gasteiger partial charge in [0.15, 0.2) is 0 Å². The van der Waals surface area contributed by atoms with Crippen molar-refractivity contribution in [2.45, 2.75) is 11.5 Å². The van der Waals surface area contributed by atoms with Crippen molar-refractivity contribution in [1.29, 1.82) is 5.26 Å². The number of nitriles is 1. The number of ether oxygens (including phenoxy) is 2. The molecule has 112 valence electrons. The van der Waals surface area contributed by atoms with Crippen LogP contribution in [-0.2, 0) is 11.3 Å². The van der Waals surface area contributed by atoms with E-state index in [1.54, 1.807) is 42.1 Å². The zero-order chi connectivity index (χ0) is 15.9. The summed E-state index contributed by atoms with van der Waals surface area (Å²) < 4.78 is 10.5. The fourth-order valence-corrected chi connectivity index (χ4v) is 2.35. The Labute approximate surface area is 133 Å². The van der Waals surface area contributed by atoms with Gasteiger partial charge in [-0.2, -0.15) is 5.26 Å². The second kappa shape index (κ2) is 7.53.